The zero-order valence-electron chi connectivity index (χ0n) is 34.0. The molecule has 0 aliphatic rings. The van der Waals surface area contributed by atoms with Crippen LogP contribution in [0.1, 0.15) is 142 Å². The van der Waals surface area contributed by atoms with Gasteiger partial charge in [0.25, 0.3) is 0 Å². The predicted octanol–water partition coefficient (Wildman–Crippen LogP) is 11.2. The molecule has 0 rings (SSSR count). The van der Waals surface area contributed by atoms with E-state index in [0.717, 1.165) is 57.8 Å². The fourth-order valence-electron chi connectivity index (χ4n) is 5.00. The number of hydrogen-bond acceptors (Lipinski definition) is 8. The van der Waals surface area contributed by atoms with E-state index in [1.54, 1.807) is 6.08 Å². The fraction of sp³-hybridized carbons (Fsp3) is 0.636. The van der Waals surface area contributed by atoms with E-state index in [0.29, 0.717) is 13.0 Å². The monoisotopic (exact) mass is 792 g/mol. The molecule has 0 saturated carbocycles. The fourth-order valence-corrected chi connectivity index (χ4v) is 5.78. The van der Waals surface area contributed by atoms with Crippen LogP contribution in [0.2, 0.25) is 0 Å². The Balaban J connectivity index is 4.41. The van der Waals surface area contributed by atoms with Gasteiger partial charge in [-0.15, -0.1) is 0 Å². The molecule has 3 unspecified atom stereocenters. The summed E-state index contributed by atoms with van der Waals surface area (Å²) in [5.74, 6) is -1.92. The van der Waals surface area contributed by atoms with E-state index >= 15 is 0 Å². The van der Waals surface area contributed by atoms with Crippen molar-refractivity contribution in [2.45, 2.75) is 154 Å². The maximum atomic E-state index is 12.5. The van der Waals surface area contributed by atoms with E-state index < -0.39 is 45.1 Å². The molecule has 0 fully saturated rings. The molecule has 0 bridgehead atoms. The van der Waals surface area contributed by atoms with Crippen LogP contribution in [0.4, 0.5) is 0 Å². The van der Waals surface area contributed by atoms with Crippen molar-refractivity contribution in [1.29, 1.82) is 0 Å². The number of carboxylic acids is 1. The minimum absolute atomic E-state index is 0.0122. The van der Waals surface area contributed by atoms with Crippen LogP contribution >= 0.6 is 7.82 Å². The summed E-state index contributed by atoms with van der Waals surface area (Å²) in [6, 6.07) is -1.49. The number of rotatable bonds is 38. The van der Waals surface area contributed by atoms with Gasteiger partial charge in [-0.3, -0.25) is 18.6 Å². The van der Waals surface area contributed by atoms with Crippen molar-refractivity contribution in [2.75, 3.05) is 26.4 Å². The van der Waals surface area contributed by atoms with Gasteiger partial charge < -0.3 is 25.2 Å². The third-order valence-corrected chi connectivity index (χ3v) is 9.14. The van der Waals surface area contributed by atoms with E-state index in [4.69, 9.17) is 24.8 Å². The molecular formula is C44H74NO9P. The summed E-state index contributed by atoms with van der Waals surface area (Å²) in [4.78, 5) is 33.4. The van der Waals surface area contributed by atoms with Gasteiger partial charge >= 0.3 is 19.8 Å². The molecular weight excluding hydrogens is 717 g/mol. The Morgan fingerprint density at radius 2 is 1.05 bits per heavy atom. The highest BCUT2D eigenvalue weighted by atomic mass is 31.2. The topological polar surface area (TPSA) is 155 Å². The van der Waals surface area contributed by atoms with Crippen molar-refractivity contribution in [3.63, 3.8) is 0 Å². The van der Waals surface area contributed by atoms with Crippen molar-refractivity contribution >= 4 is 19.8 Å². The summed E-state index contributed by atoms with van der Waals surface area (Å²) >= 11 is 0. The van der Waals surface area contributed by atoms with Gasteiger partial charge in [0.2, 0.25) is 0 Å². The lowest BCUT2D eigenvalue weighted by atomic mass is 10.1. The Morgan fingerprint density at radius 1 is 0.600 bits per heavy atom. The molecule has 0 spiro atoms. The SMILES string of the molecule is CC/C=C\C/C=C\C/C=C\C/C=C\C/C=C\CC(=O)OC(COCCCCCCCCCC/C=C\C/C=C\CCCCC)COP(=O)(O)OCC(N)C(=O)O. The van der Waals surface area contributed by atoms with Gasteiger partial charge in [-0.05, 0) is 70.6 Å². The quantitative estimate of drug-likeness (QED) is 0.0238. The van der Waals surface area contributed by atoms with Crippen LogP contribution in [0.25, 0.3) is 0 Å². The second kappa shape index (κ2) is 39.4. The number of hydrogen-bond donors (Lipinski definition) is 3. The molecule has 0 aromatic carbocycles. The van der Waals surface area contributed by atoms with Gasteiger partial charge in [0.15, 0.2) is 0 Å². The van der Waals surface area contributed by atoms with Crippen molar-refractivity contribution in [1.82, 2.24) is 0 Å². The average Bonchev–Trinajstić information content (AvgIpc) is 3.16. The molecule has 55 heavy (non-hydrogen) atoms. The molecule has 3 atom stereocenters. The molecule has 11 heteroatoms. The number of phosphoric ester groups is 1. The molecule has 314 valence electrons. The number of carbonyl (C=O) groups excluding carboxylic acids is 1. The average molecular weight is 792 g/mol. The minimum Gasteiger partial charge on any atom is -0.480 e. The van der Waals surface area contributed by atoms with Crippen LogP contribution in [-0.4, -0.2) is 60.5 Å². The van der Waals surface area contributed by atoms with Gasteiger partial charge in [0, 0.05) is 6.61 Å². The lowest BCUT2D eigenvalue weighted by molar-refractivity contribution is -0.153. The van der Waals surface area contributed by atoms with Gasteiger partial charge in [-0.1, -0.05) is 150 Å². The summed E-state index contributed by atoms with van der Waals surface area (Å²) in [6.07, 6.45) is 49.5. The zero-order valence-corrected chi connectivity index (χ0v) is 34.9. The van der Waals surface area contributed by atoms with Gasteiger partial charge in [0.1, 0.15) is 12.1 Å². The first kappa shape index (κ1) is 52.2. The summed E-state index contributed by atoms with van der Waals surface area (Å²) in [7, 11) is -4.65. The summed E-state index contributed by atoms with van der Waals surface area (Å²) in [5, 5.41) is 8.88. The normalized spacial score (nSPS) is 14.8. The van der Waals surface area contributed by atoms with E-state index in [9.17, 15) is 19.0 Å². The maximum absolute atomic E-state index is 12.5. The second-order valence-corrected chi connectivity index (χ2v) is 14.8. The lowest BCUT2D eigenvalue weighted by Crippen LogP contribution is -2.34. The van der Waals surface area contributed by atoms with Gasteiger partial charge in [-0.2, -0.15) is 0 Å². The predicted molar refractivity (Wildman–Crippen MR) is 226 cm³/mol. The van der Waals surface area contributed by atoms with Crippen LogP contribution in [-0.2, 0) is 32.7 Å². The number of phosphoric acid groups is 1. The Bertz CT molecular complexity index is 1190. The number of aliphatic carboxylic acids is 1. The summed E-state index contributed by atoms with van der Waals surface area (Å²) in [5.41, 5.74) is 5.34. The zero-order chi connectivity index (χ0) is 40.5. The highest BCUT2D eigenvalue weighted by Gasteiger charge is 2.27. The first-order valence-electron chi connectivity index (χ1n) is 20.6. The number of nitrogens with two attached hydrogens (primary N) is 1. The van der Waals surface area contributed by atoms with Crippen LogP contribution in [0.3, 0.4) is 0 Å². The van der Waals surface area contributed by atoms with Crippen molar-refractivity contribution in [3.8, 4) is 0 Å². The first-order chi connectivity index (χ1) is 26.7. The van der Waals surface area contributed by atoms with E-state index in [-0.39, 0.29) is 13.0 Å². The van der Waals surface area contributed by atoms with Gasteiger partial charge in [0.05, 0.1) is 26.2 Å². The lowest BCUT2D eigenvalue weighted by Gasteiger charge is -2.20. The van der Waals surface area contributed by atoms with Crippen LogP contribution in [0.5, 0.6) is 0 Å². The molecule has 10 nitrogen and oxygen atoms in total. The molecule has 4 N–H and O–H groups in total. The van der Waals surface area contributed by atoms with Crippen LogP contribution < -0.4 is 5.73 Å². The number of carboxylic acid groups (broad SMARTS) is 1. The third kappa shape index (κ3) is 39.2. The molecule has 0 aliphatic carbocycles. The van der Waals surface area contributed by atoms with E-state index in [1.807, 2.05) is 12.2 Å². The molecule has 0 aromatic rings. The van der Waals surface area contributed by atoms with Gasteiger partial charge in [-0.25, -0.2) is 4.57 Å². The summed E-state index contributed by atoms with van der Waals surface area (Å²) in [6.45, 7) is 3.58. The molecule has 0 amide bonds. The highest BCUT2D eigenvalue weighted by Crippen LogP contribution is 2.43. The smallest absolute Gasteiger partial charge is 0.472 e. The number of allylic oxidation sites excluding steroid dienone is 13. The third-order valence-electron chi connectivity index (χ3n) is 8.19. The Morgan fingerprint density at radius 3 is 1.58 bits per heavy atom. The Kier molecular flexibility index (Phi) is 37.3. The molecule has 0 saturated heterocycles. The van der Waals surface area contributed by atoms with Crippen LogP contribution in [0.15, 0.2) is 85.1 Å². The molecule has 0 radical (unpaired) electrons. The standard InChI is InChI=1S/C44H74NO9P/c1-3-5-7-9-11-13-15-17-19-20-21-23-25-27-29-31-33-35-37-51-38-41(39-52-55(49,50)53-40-42(45)44(47)48)54-43(46)36-34-32-30-28-26-24-22-18-16-14-12-10-8-6-4-2/h6,8,11-14,17-19,22,26,28,32,34,41-42H,3-5,7,9-10,15-16,20-21,23-25,27,29-31,33,35-40,45H2,1-2H3,(H,47,48)(H,49,50)/b8-6-,13-11-,14-12-,19-17-,22-18-,28-26-,34-32-. The molecule has 0 aromatic heterocycles. The van der Waals surface area contributed by atoms with Crippen LogP contribution in [0, 0.1) is 0 Å². The van der Waals surface area contributed by atoms with E-state index in [1.165, 1.54) is 57.8 Å². The number of esters is 1. The van der Waals surface area contributed by atoms with Crippen molar-refractivity contribution in [3.05, 3.63) is 85.1 Å². The highest BCUT2D eigenvalue weighted by molar-refractivity contribution is 7.47. The first-order valence-corrected chi connectivity index (χ1v) is 22.1. The second-order valence-electron chi connectivity index (χ2n) is 13.4. The van der Waals surface area contributed by atoms with Crippen molar-refractivity contribution < 1.29 is 42.7 Å². The molecule has 0 heterocycles. The largest absolute Gasteiger partial charge is 0.480 e. The summed E-state index contributed by atoms with van der Waals surface area (Å²) < 4.78 is 33.2. The number of ether oxygens (including phenoxy) is 2. The number of unbranched alkanes of at least 4 members (excludes halogenated alkanes) is 11. The maximum Gasteiger partial charge on any atom is 0.472 e. The van der Waals surface area contributed by atoms with E-state index in [2.05, 4.69) is 85.2 Å². The van der Waals surface area contributed by atoms with Crippen molar-refractivity contribution in [2.24, 2.45) is 5.73 Å². The molecule has 0 aliphatic heterocycles. The number of carbonyl (C=O) groups is 2. The Labute approximate surface area is 333 Å². The Hall–Kier alpha value is -2.85. The minimum atomic E-state index is -4.65.